The molecule has 0 bridgehead atoms. The van der Waals surface area contributed by atoms with E-state index in [0.29, 0.717) is 65.1 Å². The maximum absolute atomic E-state index is 12.0. The van der Waals surface area contributed by atoms with E-state index >= 15 is 0 Å². The molecule has 140 valence electrons. The lowest BCUT2D eigenvalue weighted by Crippen LogP contribution is -2.32. The molecule has 0 radical (unpaired) electrons. The number of hydrogen-bond acceptors (Lipinski definition) is 6. The molecule has 1 aliphatic rings. The standard InChI is InChI=1S/C18H32O6/c1-16(19)6-4-3-5-11-22-12-8-17(20)7-9-18(10-13-21-2)23-14-15-24-18/h3-15H2,1-2H3. The Labute approximate surface area is 145 Å². The van der Waals surface area contributed by atoms with E-state index in [2.05, 4.69) is 0 Å². The predicted octanol–water partition coefficient (Wildman–Crippen LogP) is 2.67. The van der Waals surface area contributed by atoms with Crippen molar-refractivity contribution < 1.29 is 28.5 Å². The largest absolute Gasteiger partial charge is 0.384 e. The van der Waals surface area contributed by atoms with Gasteiger partial charge < -0.3 is 23.7 Å². The van der Waals surface area contributed by atoms with Gasteiger partial charge in [-0.05, 0) is 19.8 Å². The highest BCUT2D eigenvalue weighted by Gasteiger charge is 2.36. The number of carbonyl (C=O) groups excluding carboxylic acids is 2. The molecule has 6 nitrogen and oxygen atoms in total. The third-order valence-corrected chi connectivity index (χ3v) is 4.13. The van der Waals surface area contributed by atoms with Crippen molar-refractivity contribution in [1.82, 2.24) is 0 Å². The van der Waals surface area contributed by atoms with E-state index in [1.54, 1.807) is 14.0 Å². The molecule has 0 aromatic heterocycles. The van der Waals surface area contributed by atoms with Crippen LogP contribution >= 0.6 is 0 Å². The molecular weight excluding hydrogens is 312 g/mol. The second-order valence-electron chi connectivity index (χ2n) is 6.26. The van der Waals surface area contributed by atoms with E-state index in [1.807, 2.05) is 0 Å². The Bertz CT molecular complexity index is 363. The van der Waals surface area contributed by atoms with Crippen LogP contribution in [0, 0.1) is 0 Å². The van der Waals surface area contributed by atoms with Crippen LogP contribution < -0.4 is 0 Å². The maximum Gasteiger partial charge on any atom is 0.171 e. The number of carbonyl (C=O) groups is 2. The zero-order chi connectivity index (χ0) is 17.7. The first-order chi connectivity index (χ1) is 11.6. The highest BCUT2D eigenvalue weighted by atomic mass is 16.7. The van der Waals surface area contributed by atoms with Crippen molar-refractivity contribution in [2.45, 2.75) is 64.1 Å². The summed E-state index contributed by atoms with van der Waals surface area (Å²) in [5.74, 6) is -0.244. The van der Waals surface area contributed by atoms with E-state index in [0.717, 1.165) is 19.3 Å². The molecular formula is C18H32O6. The van der Waals surface area contributed by atoms with Crippen molar-refractivity contribution in [2.24, 2.45) is 0 Å². The lowest BCUT2D eigenvalue weighted by molar-refractivity contribution is -0.175. The van der Waals surface area contributed by atoms with Gasteiger partial charge in [-0.2, -0.15) is 0 Å². The zero-order valence-corrected chi connectivity index (χ0v) is 15.1. The van der Waals surface area contributed by atoms with Gasteiger partial charge in [-0.1, -0.05) is 6.42 Å². The number of ketones is 2. The Morgan fingerprint density at radius 2 is 1.67 bits per heavy atom. The van der Waals surface area contributed by atoms with Gasteiger partial charge in [0.2, 0.25) is 0 Å². The molecule has 6 heteroatoms. The average Bonchev–Trinajstić information content (AvgIpc) is 3.02. The summed E-state index contributed by atoms with van der Waals surface area (Å²) in [5, 5.41) is 0. The second-order valence-corrected chi connectivity index (χ2v) is 6.26. The number of rotatable bonds is 15. The first-order valence-corrected chi connectivity index (χ1v) is 8.94. The van der Waals surface area contributed by atoms with Crippen LogP contribution in [0.1, 0.15) is 58.3 Å². The minimum Gasteiger partial charge on any atom is -0.384 e. The lowest BCUT2D eigenvalue weighted by Gasteiger charge is -2.26. The van der Waals surface area contributed by atoms with Gasteiger partial charge in [-0.3, -0.25) is 4.79 Å². The molecule has 1 heterocycles. The van der Waals surface area contributed by atoms with Crippen LogP contribution in [0.2, 0.25) is 0 Å². The number of ether oxygens (including phenoxy) is 4. The smallest absolute Gasteiger partial charge is 0.171 e. The summed E-state index contributed by atoms with van der Waals surface area (Å²) in [5.41, 5.74) is 0. The van der Waals surface area contributed by atoms with E-state index in [1.165, 1.54) is 0 Å². The Kier molecular flexibility index (Phi) is 11.1. The molecule has 1 rings (SSSR count). The molecule has 0 unspecified atom stereocenters. The van der Waals surface area contributed by atoms with Crippen LogP contribution in [0.4, 0.5) is 0 Å². The Hall–Kier alpha value is -0.820. The van der Waals surface area contributed by atoms with Gasteiger partial charge in [0.15, 0.2) is 5.79 Å². The average molecular weight is 344 g/mol. The first kappa shape index (κ1) is 21.2. The fourth-order valence-corrected chi connectivity index (χ4v) is 2.67. The quantitative estimate of drug-likeness (QED) is 0.425. The van der Waals surface area contributed by atoms with Gasteiger partial charge in [-0.25, -0.2) is 0 Å². The Morgan fingerprint density at radius 3 is 2.33 bits per heavy atom. The van der Waals surface area contributed by atoms with Gasteiger partial charge in [0, 0.05) is 45.8 Å². The van der Waals surface area contributed by atoms with Crippen molar-refractivity contribution in [3.8, 4) is 0 Å². The molecule has 24 heavy (non-hydrogen) atoms. The number of Topliss-reactive ketones (excluding diaryl/α,β-unsaturated/α-hetero) is 2. The molecule has 1 fully saturated rings. The summed E-state index contributed by atoms with van der Waals surface area (Å²) in [6.45, 7) is 4.42. The predicted molar refractivity (Wildman–Crippen MR) is 90.0 cm³/mol. The van der Waals surface area contributed by atoms with Gasteiger partial charge in [0.1, 0.15) is 11.6 Å². The molecule has 0 saturated carbocycles. The third kappa shape index (κ3) is 9.47. The van der Waals surface area contributed by atoms with Crippen molar-refractivity contribution in [1.29, 1.82) is 0 Å². The first-order valence-electron chi connectivity index (χ1n) is 8.94. The molecule has 1 aliphatic heterocycles. The molecule has 0 spiro atoms. The fraction of sp³-hybridized carbons (Fsp3) is 0.889. The zero-order valence-electron chi connectivity index (χ0n) is 15.1. The Morgan fingerprint density at radius 1 is 0.917 bits per heavy atom. The van der Waals surface area contributed by atoms with Crippen LogP contribution in [0.15, 0.2) is 0 Å². The van der Waals surface area contributed by atoms with Crippen LogP contribution in [0.5, 0.6) is 0 Å². The van der Waals surface area contributed by atoms with Gasteiger partial charge in [-0.15, -0.1) is 0 Å². The van der Waals surface area contributed by atoms with Crippen molar-refractivity contribution in [3.05, 3.63) is 0 Å². The summed E-state index contributed by atoms with van der Waals surface area (Å²) in [4.78, 5) is 22.8. The Balaban J connectivity index is 2.04. The van der Waals surface area contributed by atoms with E-state index in [9.17, 15) is 9.59 Å². The van der Waals surface area contributed by atoms with E-state index in [4.69, 9.17) is 18.9 Å². The molecule has 0 N–H and O–H groups in total. The number of methoxy groups -OCH3 is 1. The van der Waals surface area contributed by atoms with Gasteiger partial charge in [0.05, 0.1) is 26.4 Å². The number of hydrogen-bond donors (Lipinski definition) is 0. The van der Waals surface area contributed by atoms with Crippen LogP contribution in [0.25, 0.3) is 0 Å². The van der Waals surface area contributed by atoms with Gasteiger partial charge >= 0.3 is 0 Å². The topological polar surface area (TPSA) is 71.1 Å². The SMILES string of the molecule is COCCC1(CCC(=O)CCOCCCCCC(C)=O)OCCO1. The molecule has 0 atom stereocenters. The van der Waals surface area contributed by atoms with Crippen LogP contribution in [0.3, 0.4) is 0 Å². The highest BCUT2D eigenvalue weighted by Crippen LogP contribution is 2.29. The van der Waals surface area contributed by atoms with Gasteiger partial charge in [0.25, 0.3) is 0 Å². The molecule has 0 amide bonds. The van der Waals surface area contributed by atoms with E-state index < -0.39 is 5.79 Å². The normalized spacial score (nSPS) is 16.4. The summed E-state index contributed by atoms with van der Waals surface area (Å²) in [6, 6.07) is 0. The molecule has 0 aliphatic carbocycles. The fourth-order valence-electron chi connectivity index (χ4n) is 2.67. The van der Waals surface area contributed by atoms with Crippen LogP contribution in [-0.2, 0) is 28.5 Å². The summed E-state index contributed by atoms with van der Waals surface area (Å²) in [6.07, 6.45) is 5.56. The third-order valence-electron chi connectivity index (χ3n) is 4.13. The van der Waals surface area contributed by atoms with Crippen molar-refractivity contribution in [3.63, 3.8) is 0 Å². The maximum atomic E-state index is 12.0. The van der Waals surface area contributed by atoms with Crippen molar-refractivity contribution in [2.75, 3.05) is 40.1 Å². The monoisotopic (exact) mass is 344 g/mol. The molecule has 0 aromatic carbocycles. The summed E-state index contributed by atoms with van der Waals surface area (Å²) >= 11 is 0. The van der Waals surface area contributed by atoms with E-state index in [-0.39, 0.29) is 11.6 Å². The van der Waals surface area contributed by atoms with Crippen molar-refractivity contribution >= 4 is 11.6 Å². The molecule has 0 aromatic rings. The minimum atomic E-state index is -0.650. The highest BCUT2D eigenvalue weighted by molar-refractivity contribution is 5.78. The molecule has 1 saturated heterocycles. The summed E-state index contributed by atoms with van der Waals surface area (Å²) in [7, 11) is 1.64. The minimum absolute atomic E-state index is 0.169. The second kappa shape index (κ2) is 12.5. The lowest BCUT2D eigenvalue weighted by atomic mass is 10.0. The number of unbranched alkanes of at least 4 members (excludes halogenated alkanes) is 2. The van der Waals surface area contributed by atoms with Crippen LogP contribution in [-0.4, -0.2) is 57.5 Å². The summed E-state index contributed by atoms with van der Waals surface area (Å²) < 4.78 is 21.9.